The third kappa shape index (κ3) is 7.65. The first-order chi connectivity index (χ1) is 32.0. The highest BCUT2D eigenvalue weighted by atomic mass is 15.1. The molecule has 0 heterocycles. The van der Waals surface area contributed by atoms with E-state index in [4.69, 9.17) is 0 Å². The van der Waals surface area contributed by atoms with Crippen molar-refractivity contribution in [1.29, 1.82) is 0 Å². The van der Waals surface area contributed by atoms with Gasteiger partial charge in [-0.25, -0.2) is 0 Å². The number of nitrogens with zero attached hydrogens (tertiary/aromatic N) is 2. The van der Waals surface area contributed by atoms with Gasteiger partial charge in [0.2, 0.25) is 0 Å². The smallest absolute Gasteiger partial charge is 0.0468 e. The number of hydrogen-bond donors (Lipinski definition) is 0. The zero-order valence-corrected chi connectivity index (χ0v) is 36.5. The highest BCUT2D eigenvalue weighted by Crippen LogP contribution is 2.50. The van der Waals surface area contributed by atoms with E-state index >= 15 is 0 Å². The van der Waals surface area contributed by atoms with Gasteiger partial charge in [-0.2, -0.15) is 0 Å². The predicted octanol–water partition coefficient (Wildman–Crippen LogP) is 16.8. The first-order valence-corrected chi connectivity index (χ1v) is 22.3. The molecule has 0 atom stereocenters. The molecule has 1 aliphatic carbocycles. The summed E-state index contributed by atoms with van der Waals surface area (Å²) in [4.78, 5) is 4.61. The van der Waals surface area contributed by atoms with Crippen molar-refractivity contribution >= 4 is 44.9 Å². The van der Waals surface area contributed by atoms with Gasteiger partial charge in [0.15, 0.2) is 0 Å². The van der Waals surface area contributed by atoms with Gasteiger partial charge in [0, 0.05) is 50.7 Å². The fourth-order valence-electron chi connectivity index (χ4n) is 9.44. The first kappa shape index (κ1) is 39.5. The van der Waals surface area contributed by atoms with E-state index < -0.39 is 0 Å². The molecule has 10 aromatic rings. The van der Waals surface area contributed by atoms with Crippen molar-refractivity contribution in [1.82, 2.24) is 0 Å². The van der Waals surface area contributed by atoms with Gasteiger partial charge in [-0.3, -0.25) is 0 Å². The van der Waals surface area contributed by atoms with Gasteiger partial charge >= 0.3 is 0 Å². The standard InChI is InChI=1S/C63H46N2/c1-63(2)61-41-46(27-39-59(61)60-40-35-52(44-62(60)63)48-32-36-57(37-33-48)64(53-15-7-3-8-16-53)54-17-9-4-10-18-54)24-23-45-25-28-47(29-26-45)49-30-31-51-43-58(38-34-50(51)42-49)65(55-19-11-5-12-20-55)56-21-13-6-14-22-56/h3-22,25-44H,1-2H3. The number of hydrogen-bond acceptors (Lipinski definition) is 2. The quantitative estimate of drug-likeness (QED) is 0.141. The number of para-hydroxylation sites is 4. The highest BCUT2D eigenvalue weighted by molar-refractivity contribution is 5.92. The molecule has 1 aliphatic rings. The summed E-state index contributed by atoms with van der Waals surface area (Å²) in [5.41, 5.74) is 18.7. The lowest BCUT2D eigenvalue weighted by molar-refractivity contribution is 0.660. The van der Waals surface area contributed by atoms with Gasteiger partial charge in [-0.15, -0.1) is 0 Å². The Hall–Kier alpha value is -8.38. The van der Waals surface area contributed by atoms with E-state index in [1.165, 1.54) is 55.3 Å². The van der Waals surface area contributed by atoms with Crippen LogP contribution in [0, 0.1) is 11.8 Å². The highest BCUT2D eigenvalue weighted by Gasteiger charge is 2.35. The average molecular weight is 831 g/mol. The van der Waals surface area contributed by atoms with Crippen molar-refractivity contribution in [3.63, 3.8) is 0 Å². The van der Waals surface area contributed by atoms with Gasteiger partial charge in [-0.05, 0) is 164 Å². The van der Waals surface area contributed by atoms with E-state index in [0.717, 1.165) is 45.3 Å². The fourth-order valence-corrected chi connectivity index (χ4v) is 9.44. The molecule has 2 nitrogen and oxygen atoms in total. The van der Waals surface area contributed by atoms with E-state index in [2.05, 4.69) is 278 Å². The maximum Gasteiger partial charge on any atom is 0.0468 e. The van der Waals surface area contributed by atoms with Crippen LogP contribution >= 0.6 is 0 Å². The van der Waals surface area contributed by atoms with E-state index in [1.54, 1.807) is 0 Å². The Morgan fingerprint density at radius 3 is 1.23 bits per heavy atom. The lowest BCUT2D eigenvalue weighted by atomic mass is 9.81. The van der Waals surface area contributed by atoms with Crippen LogP contribution in [0.3, 0.4) is 0 Å². The minimum Gasteiger partial charge on any atom is -0.311 e. The third-order valence-corrected chi connectivity index (χ3v) is 12.8. The molecule has 0 spiro atoms. The second-order valence-corrected chi connectivity index (χ2v) is 17.3. The fraction of sp³-hybridized carbons (Fsp3) is 0.0476. The Labute approximate surface area is 382 Å². The molecule has 0 unspecified atom stereocenters. The van der Waals surface area contributed by atoms with Crippen LogP contribution in [0.4, 0.5) is 34.1 Å². The van der Waals surface area contributed by atoms with Crippen LogP contribution in [-0.4, -0.2) is 0 Å². The van der Waals surface area contributed by atoms with Crippen LogP contribution in [0.5, 0.6) is 0 Å². The molecule has 10 aromatic carbocycles. The summed E-state index contributed by atoms with van der Waals surface area (Å²) in [6, 6.07) is 86.9. The zero-order valence-electron chi connectivity index (χ0n) is 36.5. The van der Waals surface area contributed by atoms with Crippen LogP contribution in [0.25, 0.3) is 44.2 Å². The molecular formula is C63H46N2. The molecule has 0 amide bonds. The number of benzene rings is 10. The van der Waals surface area contributed by atoms with Crippen molar-refractivity contribution in [2.45, 2.75) is 19.3 Å². The third-order valence-electron chi connectivity index (χ3n) is 12.8. The Kier molecular flexibility index (Phi) is 10.2. The molecule has 0 fully saturated rings. The molecular weight excluding hydrogens is 785 g/mol. The Balaban J connectivity index is 0.807. The Morgan fingerprint density at radius 1 is 0.292 bits per heavy atom. The predicted molar refractivity (Wildman–Crippen MR) is 274 cm³/mol. The topological polar surface area (TPSA) is 6.48 Å². The maximum atomic E-state index is 3.49. The normalized spacial score (nSPS) is 12.2. The summed E-state index contributed by atoms with van der Waals surface area (Å²) in [5.74, 6) is 6.95. The van der Waals surface area contributed by atoms with Gasteiger partial charge in [0.1, 0.15) is 0 Å². The Bertz CT molecular complexity index is 3280. The minimum atomic E-state index is -0.165. The number of anilines is 6. The summed E-state index contributed by atoms with van der Waals surface area (Å²) in [6.07, 6.45) is 0. The molecule has 0 bridgehead atoms. The molecule has 65 heavy (non-hydrogen) atoms. The lowest BCUT2D eigenvalue weighted by Crippen LogP contribution is -2.15. The molecule has 308 valence electrons. The van der Waals surface area contributed by atoms with Crippen molar-refractivity contribution in [2.24, 2.45) is 0 Å². The second-order valence-electron chi connectivity index (χ2n) is 17.3. The summed E-state index contributed by atoms with van der Waals surface area (Å²) in [6.45, 7) is 4.68. The van der Waals surface area contributed by atoms with Crippen LogP contribution in [-0.2, 0) is 5.41 Å². The molecule has 0 radical (unpaired) electrons. The second kappa shape index (κ2) is 16.7. The first-order valence-electron chi connectivity index (χ1n) is 22.3. The van der Waals surface area contributed by atoms with Crippen LogP contribution in [0.15, 0.2) is 243 Å². The van der Waals surface area contributed by atoms with Crippen molar-refractivity contribution < 1.29 is 0 Å². The average Bonchev–Trinajstić information content (AvgIpc) is 3.59. The van der Waals surface area contributed by atoms with Gasteiger partial charge in [-0.1, -0.05) is 159 Å². The van der Waals surface area contributed by atoms with E-state index in [0.29, 0.717) is 0 Å². The Morgan fingerprint density at radius 2 is 0.662 bits per heavy atom. The molecule has 0 saturated carbocycles. The van der Waals surface area contributed by atoms with Gasteiger partial charge in [0.05, 0.1) is 0 Å². The van der Waals surface area contributed by atoms with Crippen LogP contribution in [0.1, 0.15) is 36.1 Å². The van der Waals surface area contributed by atoms with Gasteiger partial charge < -0.3 is 9.80 Å². The lowest BCUT2D eigenvalue weighted by Gasteiger charge is -2.25. The molecule has 0 aromatic heterocycles. The maximum absolute atomic E-state index is 3.49. The summed E-state index contributed by atoms with van der Waals surface area (Å²) < 4.78 is 0. The van der Waals surface area contributed by atoms with E-state index in [-0.39, 0.29) is 5.41 Å². The summed E-state index contributed by atoms with van der Waals surface area (Å²) in [5, 5.41) is 2.41. The summed E-state index contributed by atoms with van der Waals surface area (Å²) in [7, 11) is 0. The van der Waals surface area contributed by atoms with Crippen LogP contribution < -0.4 is 9.80 Å². The largest absolute Gasteiger partial charge is 0.311 e. The molecule has 0 saturated heterocycles. The van der Waals surface area contributed by atoms with Crippen molar-refractivity contribution in [2.75, 3.05) is 9.80 Å². The summed E-state index contributed by atoms with van der Waals surface area (Å²) >= 11 is 0. The number of fused-ring (bicyclic) bond motifs is 4. The SMILES string of the molecule is CC1(C)c2cc(C#Cc3ccc(-c4ccc5cc(N(c6ccccc6)c6ccccc6)ccc5c4)cc3)ccc2-c2ccc(-c3ccc(N(c4ccccc4)c4ccccc4)cc3)cc21. The zero-order chi connectivity index (χ0) is 43.7. The molecule has 11 rings (SSSR count). The molecule has 0 N–H and O–H groups in total. The monoisotopic (exact) mass is 830 g/mol. The number of rotatable bonds is 8. The molecule has 2 heteroatoms. The van der Waals surface area contributed by atoms with E-state index in [9.17, 15) is 0 Å². The molecule has 0 aliphatic heterocycles. The van der Waals surface area contributed by atoms with Crippen molar-refractivity contribution in [3.05, 3.63) is 265 Å². The van der Waals surface area contributed by atoms with Crippen LogP contribution in [0.2, 0.25) is 0 Å². The van der Waals surface area contributed by atoms with E-state index in [1.807, 2.05) is 0 Å². The minimum absolute atomic E-state index is 0.165. The van der Waals surface area contributed by atoms with Crippen molar-refractivity contribution in [3.8, 4) is 45.2 Å². The van der Waals surface area contributed by atoms with Gasteiger partial charge in [0.25, 0.3) is 0 Å².